The van der Waals surface area contributed by atoms with Crippen LogP contribution in [-0.4, -0.2) is 45.3 Å². The second-order valence-corrected chi connectivity index (χ2v) is 5.36. The summed E-state index contributed by atoms with van der Waals surface area (Å²) < 4.78 is 0. The number of benzene rings is 1. The van der Waals surface area contributed by atoms with Gasteiger partial charge in [0.25, 0.3) is 5.91 Å². The Morgan fingerprint density at radius 3 is 2.71 bits per heavy atom. The molecule has 0 atom stereocenters. The Balaban J connectivity index is 1.46. The third-order valence-electron chi connectivity index (χ3n) is 3.82. The fourth-order valence-electron chi connectivity index (χ4n) is 2.65. The molecular weight excluding hydrogens is 266 g/mol. The molecule has 1 aliphatic heterocycles. The van der Waals surface area contributed by atoms with E-state index in [0.29, 0.717) is 5.69 Å². The van der Waals surface area contributed by atoms with Crippen molar-refractivity contribution in [3.8, 4) is 0 Å². The van der Waals surface area contributed by atoms with Crippen LogP contribution in [0.25, 0.3) is 0 Å². The minimum atomic E-state index is -0.148. The number of amides is 1. The molecule has 1 aromatic heterocycles. The van der Waals surface area contributed by atoms with Crippen LogP contribution in [0.4, 0.5) is 0 Å². The van der Waals surface area contributed by atoms with E-state index < -0.39 is 0 Å². The molecule has 110 valence electrons. The maximum Gasteiger partial charge on any atom is 0.273 e. The number of nitrogens with one attached hydrogen (secondary N) is 2. The van der Waals surface area contributed by atoms with Crippen molar-refractivity contribution < 1.29 is 4.79 Å². The van der Waals surface area contributed by atoms with Gasteiger partial charge in [0.2, 0.25) is 0 Å². The van der Waals surface area contributed by atoms with Gasteiger partial charge in [0, 0.05) is 25.7 Å². The van der Waals surface area contributed by atoms with Crippen molar-refractivity contribution in [1.82, 2.24) is 25.6 Å². The number of hydrogen-bond acceptors (Lipinski definition) is 4. The van der Waals surface area contributed by atoms with Crippen LogP contribution in [0.3, 0.4) is 0 Å². The lowest BCUT2D eigenvalue weighted by atomic mass is 10.0. The smallest absolute Gasteiger partial charge is 0.273 e. The number of hydrogen-bond donors (Lipinski definition) is 2. The quantitative estimate of drug-likeness (QED) is 0.885. The maximum absolute atomic E-state index is 11.9. The van der Waals surface area contributed by atoms with Crippen molar-refractivity contribution in [3.63, 3.8) is 0 Å². The Morgan fingerprint density at radius 1 is 1.29 bits per heavy atom. The van der Waals surface area contributed by atoms with E-state index in [1.165, 1.54) is 11.8 Å². The second-order valence-electron chi connectivity index (χ2n) is 5.36. The second kappa shape index (κ2) is 6.49. The van der Waals surface area contributed by atoms with Gasteiger partial charge in [-0.1, -0.05) is 30.3 Å². The topological polar surface area (TPSA) is 73.9 Å². The number of likely N-dealkylation sites (tertiary alicyclic amines) is 1. The van der Waals surface area contributed by atoms with Crippen LogP contribution in [0.5, 0.6) is 0 Å². The van der Waals surface area contributed by atoms with Gasteiger partial charge < -0.3 is 5.32 Å². The van der Waals surface area contributed by atoms with Crippen LogP contribution in [0.15, 0.2) is 36.5 Å². The molecule has 2 heterocycles. The first-order valence-electron chi connectivity index (χ1n) is 7.24. The van der Waals surface area contributed by atoms with Crippen LogP contribution in [0, 0.1) is 0 Å². The van der Waals surface area contributed by atoms with E-state index in [2.05, 4.69) is 49.9 Å². The van der Waals surface area contributed by atoms with Crippen LogP contribution in [0.1, 0.15) is 28.9 Å². The van der Waals surface area contributed by atoms with Crippen molar-refractivity contribution in [2.24, 2.45) is 0 Å². The molecule has 0 radical (unpaired) electrons. The van der Waals surface area contributed by atoms with E-state index in [4.69, 9.17) is 0 Å². The van der Waals surface area contributed by atoms with Gasteiger partial charge >= 0.3 is 0 Å². The van der Waals surface area contributed by atoms with Crippen molar-refractivity contribution in [2.45, 2.75) is 25.4 Å². The number of piperidine rings is 1. The zero-order chi connectivity index (χ0) is 14.5. The first-order chi connectivity index (χ1) is 10.3. The first-order valence-corrected chi connectivity index (χ1v) is 7.24. The molecule has 0 saturated carbocycles. The summed E-state index contributed by atoms with van der Waals surface area (Å²) in [6.45, 7) is 2.97. The molecule has 0 spiro atoms. The molecule has 0 bridgehead atoms. The predicted molar refractivity (Wildman–Crippen MR) is 78.6 cm³/mol. The lowest BCUT2D eigenvalue weighted by molar-refractivity contribution is 0.0904. The molecule has 2 N–H and O–H groups in total. The number of aromatic nitrogens is 3. The lowest BCUT2D eigenvalue weighted by Gasteiger charge is -2.32. The minimum Gasteiger partial charge on any atom is -0.348 e. The molecule has 3 rings (SSSR count). The van der Waals surface area contributed by atoms with Crippen molar-refractivity contribution in [2.75, 3.05) is 13.1 Å². The van der Waals surface area contributed by atoms with Gasteiger partial charge in [0.05, 0.1) is 6.20 Å². The third-order valence-corrected chi connectivity index (χ3v) is 3.82. The van der Waals surface area contributed by atoms with Crippen LogP contribution < -0.4 is 5.32 Å². The molecular formula is C15H19N5O. The Bertz CT molecular complexity index is 561. The number of H-pyrrole nitrogens is 1. The fourth-order valence-corrected chi connectivity index (χ4v) is 2.65. The van der Waals surface area contributed by atoms with Crippen molar-refractivity contribution >= 4 is 5.91 Å². The van der Waals surface area contributed by atoms with Crippen molar-refractivity contribution in [3.05, 3.63) is 47.8 Å². The van der Waals surface area contributed by atoms with Crippen LogP contribution >= 0.6 is 0 Å². The normalized spacial score (nSPS) is 16.8. The van der Waals surface area contributed by atoms with Gasteiger partial charge in [0.1, 0.15) is 0 Å². The first kappa shape index (κ1) is 13.8. The lowest BCUT2D eigenvalue weighted by Crippen LogP contribution is -2.44. The van der Waals surface area contributed by atoms with Gasteiger partial charge in [-0.2, -0.15) is 15.4 Å². The summed E-state index contributed by atoms with van der Waals surface area (Å²) in [5, 5.41) is 12.9. The Morgan fingerprint density at radius 2 is 2.05 bits per heavy atom. The molecule has 2 aromatic rings. The van der Waals surface area contributed by atoms with Gasteiger partial charge in [-0.25, -0.2) is 0 Å². The number of carbonyl (C=O) groups is 1. The maximum atomic E-state index is 11.9. The molecule has 6 heteroatoms. The SMILES string of the molecule is O=C(NC1CCN(Cc2ccccc2)CC1)c1cn[nH]n1. The number of nitrogens with zero attached hydrogens (tertiary/aromatic N) is 3. The summed E-state index contributed by atoms with van der Waals surface area (Å²) in [7, 11) is 0. The van der Waals surface area contributed by atoms with E-state index in [0.717, 1.165) is 32.5 Å². The summed E-state index contributed by atoms with van der Waals surface area (Å²) in [4.78, 5) is 14.3. The highest BCUT2D eigenvalue weighted by Gasteiger charge is 2.21. The third kappa shape index (κ3) is 3.66. The molecule has 1 aromatic carbocycles. The fraction of sp³-hybridized carbons (Fsp3) is 0.400. The predicted octanol–water partition coefficient (Wildman–Crippen LogP) is 1.20. The van der Waals surface area contributed by atoms with E-state index in [1.54, 1.807) is 0 Å². The Kier molecular flexibility index (Phi) is 4.25. The van der Waals surface area contributed by atoms with Gasteiger partial charge in [-0.3, -0.25) is 9.69 Å². The van der Waals surface area contributed by atoms with Gasteiger partial charge in [-0.15, -0.1) is 0 Å². The van der Waals surface area contributed by atoms with Gasteiger partial charge in [-0.05, 0) is 18.4 Å². The molecule has 6 nitrogen and oxygen atoms in total. The average molecular weight is 285 g/mol. The molecule has 1 saturated heterocycles. The summed E-state index contributed by atoms with van der Waals surface area (Å²) >= 11 is 0. The zero-order valence-electron chi connectivity index (χ0n) is 11.8. The number of rotatable bonds is 4. The molecule has 1 aliphatic rings. The summed E-state index contributed by atoms with van der Waals surface area (Å²) in [6.07, 6.45) is 3.38. The highest BCUT2D eigenvalue weighted by molar-refractivity contribution is 5.91. The van der Waals surface area contributed by atoms with Crippen molar-refractivity contribution in [1.29, 1.82) is 0 Å². The monoisotopic (exact) mass is 285 g/mol. The summed E-state index contributed by atoms with van der Waals surface area (Å²) in [6, 6.07) is 10.7. The highest BCUT2D eigenvalue weighted by atomic mass is 16.2. The van der Waals surface area contributed by atoms with Gasteiger partial charge in [0.15, 0.2) is 5.69 Å². The molecule has 1 fully saturated rings. The van der Waals surface area contributed by atoms with E-state index in [9.17, 15) is 4.79 Å². The highest BCUT2D eigenvalue weighted by Crippen LogP contribution is 2.14. The number of aromatic amines is 1. The Labute approximate surface area is 123 Å². The minimum absolute atomic E-state index is 0.148. The van der Waals surface area contributed by atoms with E-state index in [-0.39, 0.29) is 11.9 Å². The van der Waals surface area contributed by atoms with E-state index >= 15 is 0 Å². The molecule has 1 amide bonds. The number of carbonyl (C=O) groups excluding carboxylic acids is 1. The largest absolute Gasteiger partial charge is 0.348 e. The zero-order valence-corrected chi connectivity index (χ0v) is 11.8. The summed E-state index contributed by atoms with van der Waals surface area (Å²) in [5.74, 6) is -0.148. The molecule has 0 unspecified atom stereocenters. The summed E-state index contributed by atoms with van der Waals surface area (Å²) in [5.41, 5.74) is 1.68. The Hall–Kier alpha value is -2.21. The van der Waals surface area contributed by atoms with Crippen LogP contribution in [-0.2, 0) is 6.54 Å². The average Bonchev–Trinajstić information content (AvgIpc) is 3.05. The van der Waals surface area contributed by atoms with E-state index in [1.807, 2.05) is 6.07 Å². The molecule has 21 heavy (non-hydrogen) atoms. The standard InChI is InChI=1S/C15H19N5O/c21-15(14-10-16-19-18-14)17-13-6-8-20(9-7-13)11-12-4-2-1-3-5-12/h1-5,10,13H,6-9,11H2,(H,17,21)(H,16,18,19). The van der Waals surface area contributed by atoms with Crippen LogP contribution in [0.2, 0.25) is 0 Å². The molecule has 0 aliphatic carbocycles.